The Morgan fingerprint density at radius 1 is 1.56 bits per heavy atom. The van der Waals surface area contributed by atoms with Gasteiger partial charge in [-0.1, -0.05) is 29.3 Å². The van der Waals surface area contributed by atoms with E-state index in [0.29, 0.717) is 11.0 Å². The van der Waals surface area contributed by atoms with Crippen molar-refractivity contribution >= 4 is 27.6 Å². The van der Waals surface area contributed by atoms with Gasteiger partial charge in [-0.25, -0.2) is 9.18 Å². The van der Waals surface area contributed by atoms with Crippen LogP contribution in [0.25, 0.3) is 0 Å². The van der Waals surface area contributed by atoms with E-state index in [1.54, 1.807) is 0 Å². The maximum absolute atomic E-state index is 13.5. The molecule has 0 amide bonds. The van der Waals surface area contributed by atoms with Gasteiger partial charge in [-0.3, -0.25) is 0 Å². The lowest BCUT2D eigenvalue weighted by molar-refractivity contribution is 0.0697. The average molecular weight is 290 g/mol. The number of unbranched alkanes of at least 4 members (excludes halogenated alkanes) is 1. The molecule has 0 aliphatic carbocycles. The zero-order chi connectivity index (χ0) is 12.1. The number of nitrogens with one attached hydrogen (secondary N) is 1. The Morgan fingerprint density at radius 3 is 2.81 bits per heavy atom. The van der Waals surface area contributed by atoms with E-state index in [9.17, 15) is 9.18 Å². The standard InChI is InChI=1S/C11H13BrFNO2/c1-2-3-4-14-10-8(11(15)16)5-7(12)6-9(10)13/h5-6,14H,2-4H2,1H3,(H,15,16). The Balaban J connectivity index is 2.99. The second kappa shape index (κ2) is 5.84. The Hall–Kier alpha value is -1.10. The number of carboxylic acid groups (broad SMARTS) is 1. The van der Waals surface area contributed by atoms with Gasteiger partial charge in [0.15, 0.2) is 0 Å². The first-order valence-electron chi connectivity index (χ1n) is 5.02. The van der Waals surface area contributed by atoms with Crippen LogP contribution in [0.2, 0.25) is 0 Å². The molecule has 1 aromatic carbocycles. The van der Waals surface area contributed by atoms with Crippen LogP contribution in [0.5, 0.6) is 0 Å². The molecule has 0 atom stereocenters. The van der Waals surface area contributed by atoms with Crippen molar-refractivity contribution in [2.24, 2.45) is 0 Å². The van der Waals surface area contributed by atoms with Crippen molar-refractivity contribution in [2.45, 2.75) is 19.8 Å². The quantitative estimate of drug-likeness (QED) is 0.816. The molecule has 2 N–H and O–H groups in total. The first kappa shape index (κ1) is 13.0. The highest BCUT2D eigenvalue weighted by Crippen LogP contribution is 2.25. The molecule has 0 unspecified atom stereocenters. The van der Waals surface area contributed by atoms with Crippen LogP contribution in [0.3, 0.4) is 0 Å². The fourth-order valence-corrected chi connectivity index (χ4v) is 1.74. The normalized spacial score (nSPS) is 10.2. The van der Waals surface area contributed by atoms with Gasteiger partial charge in [0.05, 0.1) is 11.3 Å². The molecule has 0 fully saturated rings. The highest BCUT2D eigenvalue weighted by molar-refractivity contribution is 9.10. The van der Waals surface area contributed by atoms with E-state index in [4.69, 9.17) is 5.11 Å². The molecule has 0 aromatic heterocycles. The van der Waals surface area contributed by atoms with E-state index < -0.39 is 11.8 Å². The third-order valence-corrected chi connectivity index (χ3v) is 2.58. The maximum atomic E-state index is 13.5. The number of anilines is 1. The summed E-state index contributed by atoms with van der Waals surface area (Å²) in [5.41, 5.74) is 0.00660. The summed E-state index contributed by atoms with van der Waals surface area (Å²) in [4.78, 5) is 10.9. The molecule has 0 saturated heterocycles. The number of hydrogen-bond acceptors (Lipinski definition) is 2. The third kappa shape index (κ3) is 3.20. The number of halogens is 2. The third-order valence-electron chi connectivity index (χ3n) is 2.12. The van der Waals surface area contributed by atoms with Gasteiger partial charge in [0.25, 0.3) is 0 Å². The van der Waals surface area contributed by atoms with E-state index in [1.165, 1.54) is 12.1 Å². The highest BCUT2D eigenvalue weighted by Gasteiger charge is 2.15. The minimum Gasteiger partial charge on any atom is -0.478 e. The molecule has 16 heavy (non-hydrogen) atoms. The van der Waals surface area contributed by atoms with Crippen molar-refractivity contribution in [3.8, 4) is 0 Å². The number of hydrogen-bond donors (Lipinski definition) is 2. The first-order valence-corrected chi connectivity index (χ1v) is 5.81. The lowest BCUT2D eigenvalue weighted by Crippen LogP contribution is -2.09. The summed E-state index contributed by atoms with van der Waals surface area (Å²) < 4.78 is 14.0. The van der Waals surface area contributed by atoms with Gasteiger partial charge < -0.3 is 10.4 Å². The van der Waals surface area contributed by atoms with Crippen LogP contribution in [-0.2, 0) is 0 Å². The average Bonchev–Trinajstić information content (AvgIpc) is 2.20. The summed E-state index contributed by atoms with van der Waals surface area (Å²) >= 11 is 3.07. The monoisotopic (exact) mass is 289 g/mol. The van der Waals surface area contributed by atoms with E-state index in [1.807, 2.05) is 6.92 Å². The van der Waals surface area contributed by atoms with Crippen molar-refractivity contribution in [3.05, 3.63) is 28.0 Å². The topological polar surface area (TPSA) is 49.3 Å². The largest absolute Gasteiger partial charge is 0.478 e. The zero-order valence-electron chi connectivity index (χ0n) is 8.89. The Labute approximate surface area is 102 Å². The van der Waals surface area contributed by atoms with Gasteiger partial charge in [-0.2, -0.15) is 0 Å². The van der Waals surface area contributed by atoms with Gasteiger partial charge in [0, 0.05) is 11.0 Å². The smallest absolute Gasteiger partial charge is 0.337 e. The number of aromatic carboxylic acids is 1. The van der Waals surface area contributed by atoms with E-state index in [0.717, 1.165) is 12.8 Å². The van der Waals surface area contributed by atoms with Crippen LogP contribution in [-0.4, -0.2) is 17.6 Å². The van der Waals surface area contributed by atoms with Crippen molar-refractivity contribution in [1.29, 1.82) is 0 Å². The van der Waals surface area contributed by atoms with Gasteiger partial charge >= 0.3 is 5.97 Å². The SMILES string of the molecule is CCCCNc1c(F)cc(Br)cc1C(=O)O. The Kier molecular flexibility index (Phi) is 4.73. The van der Waals surface area contributed by atoms with Gasteiger partial charge in [0.1, 0.15) is 5.82 Å². The molecule has 0 aliphatic rings. The summed E-state index contributed by atoms with van der Waals surface area (Å²) in [7, 11) is 0. The van der Waals surface area contributed by atoms with Crippen molar-refractivity contribution < 1.29 is 14.3 Å². The molecular formula is C11H13BrFNO2. The minimum absolute atomic E-state index is 0.0528. The van der Waals surface area contributed by atoms with Crippen LogP contribution in [0.4, 0.5) is 10.1 Å². The summed E-state index contributed by atoms with van der Waals surface area (Å²) in [5, 5.41) is 11.8. The molecule has 1 aromatic rings. The zero-order valence-corrected chi connectivity index (χ0v) is 10.5. The van der Waals surface area contributed by atoms with Gasteiger partial charge in [-0.15, -0.1) is 0 Å². The Morgan fingerprint density at radius 2 is 2.25 bits per heavy atom. The number of carboxylic acids is 1. The molecule has 0 saturated carbocycles. The summed E-state index contributed by atoms with van der Waals surface area (Å²) in [6, 6.07) is 2.64. The summed E-state index contributed by atoms with van der Waals surface area (Å²) in [6.45, 7) is 2.58. The van der Waals surface area contributed by atoms with Gasteiger partial charge in [-0.05, 0) is 18.6 Å². The van der Waals surface area contributed by atoms with Crippen LogP contribution < -0.4 is 5.32 Å². The van der Waals surface area contributed by atoms with Crippen LogP contribution >= 0.6 is 15.9 Å². The second-order valence-electron chi connectivity index (χ2n) is 3.40. The molecule has 0 bridgehead atoms. The molecule has 0 aliphatic heterocycles. The van der Waals surface area contributed by atoms with E-state index in [2.05, 4.69) is 21.2 Å². The van der Waals surface area contributed by atoms with Crippen LogP contribution in [0, 0.1) is 5.82 Å². The van der Waals surface area contributed by atoms with E-state index in [-0.39, 0.29) is 11.3 Å². The summed E-state index contributed by atoms with van der Waals surface area (Å²) in [5.74, 6) is -1.69. The van der Waals surface area contributed by atoms with Crippen LogP contribution in [0.1, 0.15) is 30.1 Å². The molecular weight excluding hydrogens is 277 g/mol. The van der Waals surface area contributed by atoms with E-state index >= 15 is 0 Å². The minimum atomic E-state index is -1.14. The van der Waals surface area contributed by atoms with Crippen molar-refractivity contribution in [3.63, 3.8) is 0 Å². The maximum Gasteiger partial charge on any atom is 0.337 e. The predicted octanol–water partition coefficient (Wildman–Crippen LogP) is 3.50. The molecule has 0 radical (unpaired) electrons. The molecule has 3 nitrogen and oxygen atoms in total. The first-order chi connectivity index (χ1) is 7.56. The van der Waals surface area contributed by atoms with Crippen molar-refractivity contribution in [2.75, 3.05) is 11.9 Å². The molecule has 0 spiro atoms. The molecule has 0 heterocycles. The molecule has 1 rings (SSSR count). The van der Waals surface area contributed by atoms with Gasteiger partial charge in [0.2, 0.25) is 0 Å². The molecule has 88 valence electrons. The fourth-order valence-electron chi connectivity index (χ4n) is 1.31. The van der Waals surface area contributed by atoms with Crippen LogP contribution in [0.15, 0.2) is 16.6 Å². The molecule has 5 heteroatoms. The fraction of sp³-hybridized carbons (Fsp3) is 0.364. The summed E-state index contributed by atoms with van der Waals surface area (Å²) in [6.07, 6.45) is 1.84. The highest BCUT2D eigenvalue weighted by atomic mass is 79.9. The lowest BCUT2D eigenvalue weighted by Gasteiger charge is -2.10. The lowest BCUT2D eigenvalue weighted by atomic mass is 10.1. The second-order valence-corrected chi connectivity index (χ2v) is 4.31. The Bertz CT molecular complexity index is 396. The number of benzene rings is 1. The predicted molar refractivity (Wildman–Crippen MR) is 64.5 cm³/mol. The number of rotatable bonds is 5. The van der Waals surface area contributed by atoms with Crippen molar-refractivity contribution in [1.82, 2.24) is 0 Å². The number of carbonyl (C=O) groups is 1.